The molecular formula is C23H25F3N4O3. The van der Waals surface area contributed by atoms with Crippen molar-refractivity contribution < 1.29 is 27.4 Å². The fourth-order valence-corrected chi connectivity index (χ4v) is 4.57. The average molecular weight is 462 g/mol. The second-order valence-electron chi connectivity index (χ2n) is 8.91. The quantitative estimate of drug-likeness (QED) is 0.655. The van der Waals surface area contributed by atoms with Crippen LogP contribution in [0.15, 0.2) is 36.7 Å². The van der Waals surface area contributed by atoms with Crippen LogP contribution < -0.4 is 9.47 Å². The summed E-state index contributed by atoms with van der Waals surface area (Å²) >= 11 is 0. The highest BCUT2D eigenvalue weighted by atomic mass is 19.4. The number of aromatic nitrogens is 2. The summed E-state index contributed by atoms with van der Waals surface area (Å²) < 4.78 is 47.0. The molecule has 3 fully saturated rings. The number of hydrogen-bond donors (Lipinski definition) is 0. The van der Waals surface area contributed by atoms with Gasteiger partial charge in [-0.05, 0) is 30.5 Å². The molecule has 1 saturated carbocycles. The zero-order valence-electron chi connectivity index (χ0n) is 18.0. The van der Waals surface area contributed by atoms with Gasteiger partial charge in [-0.2, -0.15) is 0 Å². The molecule has 3 aliphatic rings. The number of carbonyl (C=O) groups excluding carboxylic acids is 1. The smallest absolute Gasteiger partial charge is 0.471 e. The minimum Gasteiger partial charge on any atom is -0.471 e. The van der Waals surface area contributed by atoms with Crippen LogP contribution in [0.25, 0.3) is 0 Å². The predicted molar refractivity (Wildman–Crippen MR) is 112 cm³/mol. The number of ether oxygens (including phenoxy) is 2. The topological polar surface area (TPSA) is 67.8 Å². The van der Waals surface area contributed by atoms with Crippen molar-refractivity contribution in [2.24, 2.45) is 0 Å². The van der Waals surface area contributed by atoms with Gasteiger partial charge in [-0.1, -0.05) is 12.1 Å². The number of fused-ring (bicyclic) bond motifs is 1. The van der Waals surface area contributed by atoms with Gasteiger partial charge in [0.1, 0.15) is 11.9 Å². The van der Waals surface area contributed by atoms with E-state index in [2.05, 4.69) is 19.6 Å². The van der Waals surface area contributed by atoms with E-state index in [1.807, 2.05) is 4.90 Å². The lowest BCUT2D eigenvalue weighted by Crippen LogP contribution is -2.38. The molecule has 0 N–H and O–H groups in total. The van der Waals surface area contributed by atoms with Crippen molar-refractivity contribution in [3.8, 4) is 11.6 Å². The third kappa shape index (κ3) is 5.55. The minimum absolute atomic E-state index is 0.0246. The number of rotatable bonds is 6. The Bertz CT molecular complexity index is 980. The Morgan fingerprint density at radius 1 is 1.06 bits per heavy atom. The van der Waals surface area contributed by atoms with E-state index >= 15 is 0 Å². The molecule has 2 saturated heterocycles. The molecule has 3 heterocycles. The fraction of sp³-hybridized carbons (Fsp3) is 0.522. The van der Waals surface area contributed by atoms with Crippen molar-refractivity contribution in [3.63, 3.8) is 0 Å². The van der Waals surface area contributed by atoms with Gasteiger partial charge in [0.05, 0.1) is 24.6 Å². The Morgan fingerprint density at radius 3 is 2.52 bits per heavy atom. The van der Waals surface area contributed by atoms with Crippen molar-refractivity contribution in [1.29, 1.82) is 0 Å². The molecule has 1 aromatic carbocycles. The number of amides is 1. The van der Waals surface area contributed by atoms with Crippen molar-refractivity contribution in [3.05, 3.63) is 47.9 Å². The second kappa shape index (κ2) is 8.81. The highest BCUT2D eigenvalue weighted by Crippen LogP contribution is 2.38. The molecule has 0 spiro atoms. The van der Waals surface area contributed by atoms with E-state index in [9.17, 15) is 18.0 Å². The fourth-order valence-electron chi connectivity index (χ4n) is 4.57. The van der Waals surface area contributed by atoms with E-state index in [4.69, 9.17) is 4.74 Å². The number of halogens is 3. The molecule has 176 valence electrons. The average Bonchev–Trinajstić information content (AvgIpc) is 3.56. The maximum Gasteiger partial charge on any atom is 0.573 e. The van der Waals surface area contributed by atoms with Crippen molar-refractivity contribution >= 4 is 5.91 Å². The highest BCUT2D eigenvalue weighted by molar-refractivity contribution is 5.77. The maximum atomic E-state index is 12.7. The van der Waals surface area contributed by atoms with Crippen LogP contribution in [0.2, 0.25) is 0 Å². The molecule has 10 heteroatoms. The first-order valence-corrected chi connectivity index (χ1v) is 11.2. The molecule has 2 atom stereocenters. The van der Waals surface area contributed by atoms with Crippen LogP contribution in [0, 0.1) is 0 Å². The van der Waals surface area contributed by atoms with Gasteiger partial charge >= 0.3 is 6.36 Å². The summed E-state index contributed by atoms with van der Waals surface area (Å²) in [6.45, 7) is 2.35. The zero-order valence-corrected chi connectivity index (χ0v) is 18.0. The Hall–Kier alpha value is -2.88. The van der Waals surface area contributed by atoms with E-state index < -0.39 is 6.36 Å². The highest BCUT2D eigenvalue weighted by Gasteiger charge is 2.39. The standard InChI is InChI=1S/C23H25F3N4O3/c24-23(25,26)33-18-5-1-15(2-6-18)12-29-8-7-22(31)30-14-19(9-17(30)13-29)32-21-11-27-20(10-28-21)16-3-4-16/h1-2,5-6,10-11,16-17,19H,3-4,7-9,12-14H2/t17-,19+/m0/s1. The van der Waals surface area contributed by atoms with Crippen LogP contribution in [0.3, 0.4) is 0 Å². The lowest BCUT2D eigenvalue weighted by Gasteiger charge is -2.25. The molecular weight excluding hydrogens is 437 g/mol. The van der Waals surface area contributed by atoms with Crippen LogP contribution >= 0.6 is 0 Å². The molecule has 33 heavy (non-hydrogen) atoms. The van der Waals surface area contributed by atoms with E-state index in [0.29, 0.717) is 50.8 Å². The zero-order chi connectivity index (χ0) is 23.0. The molecule has 0 radical (unpaired) electrons. The second-order valence-corrected chi connectivity index (χ2v) is 8.91. The molecule has 1 aromatic heterocycles. The van der Waals surface area contributed by atoms with Gasteiger partial charge < -0.3 is 14.4 Å². The van der Waals surface area contributed by atoms with Gasteiger partial charge in [0.15, 0.2) is 0 Å². The lowest BCUT2D eigenvalue weighted by atomic mass is 10.1. The van der Waals surface area contributed by atoms with Crippen LogP contribution in [0.4, 0.5) is 13.2 Å². The van der Waals surface area contributed by atoms with Gasteiger partial charge in [-0.3, -0.25) is 14.7 Å². The SMILES string of the molecule is O=C1CCN(Cc2ccc(OC(F)(F)F)cc2)C[C@@H]2C[C@@H](Oc3cnc(C4CC4)cn3)CN12. The largest absolute Gasteiger partial charge is 0.573 e. The van der Waals surface area contributed by atoms with Gasteiger partial charge in [-0.15, -0.1) is 13.2 Å². The number of alkyl halides is 3. The van der Waals surface area contributed by atoms with Crippen molar-refractivity contribution in [1.82, 2.24) is 19.8 Å². The summed E-state index contributed by atoms with van der Waals surface area (Å²) in [4.78, 5) is 25.6. The third-order valence-corrected chi connectivity index (χ3v) is 6.30. The molecule has 7 nitrogen and oxygen atoms in total. The molecule has 1 amide bonds. The summed E-state index contributed by atoms with van der Waals surface area (Å²) in [5.74, 6) is 0.866. The number of benzene rings is 1. The first kappa shape index (κ1) is 21.9. The Balaban J connectivity index is 1.18. The maximum absolute atomic E-state index is 12.7. The Labute approximate surface area is 189 Å². The monoisotopic (exact) mass is 462 g/mol. The first-order chi connectivity index (χ1) is 15.8. The van der Waals surface area contributed by atoms with E-state index in [-0.39, 0.29) is 23.8 Å². The summed E-state index contributed by atoms with van der Waals surface area (Å²) in [6, 6.07) is 5.89. The molecule has 0 bridgehead atoms. The van der Waals surface area contributed by atoms with E-state index in [0.717, 1.165) is 24.1 Å². The van der Waals surface area contributed by atoms with Crippen LogP contribution in [0.5, 0.6) is 11.6 Å². The minimum atomic E-state index is -4.71. The van der Waals surface area contributed by atoms with Crippen LogP contribution in [0.1, 0.15) is 42.9 Å². The first-order valence-electron chi connectivity index (χ1n) is 11.2. The van der Waals surface area contributed by atoms with Crippen molar-refractivity contribution in [2.45, 2.75) is 56.7 Å². The summed E-state index contributed by atoms with van der Waals surface area (Å²) in [5.41, 5.74) is 1.87. The number of carbonyl (C=O) groups is 1. The summed E-state index contributed by atoms with van der Waals surface area (Å²) in [5, 5.41) is 0. The summed E-state index contributed by atoms with van der Waals surface area (Å²) in [6.07, 6.45) is 2.02. The van der Waals surface area contributed by atoms with Gasteiger partial charge in [-0.25, -0.2) is 4.98 Å². The van der Waals surface area contributed by atoms with Gasteiger partial charge in [0.25, 0.3) is 0 Å². The van der Waals surface area contributed by atoms with Crippen LogP contribution in [-0.4, -0.2) is 63.8 Å². The normalized spacial score (nSPS) is 23.8. The van der Waals surface area contributed by atoms with Gasteiger partial charge in [0, 0.05) is 44.4 Å². The third-order valence-electron chi connectivity index (χ3n) is 6.30. The summed E-state index contributed by atoms with van der Waals surface area (Å²) in [7, 11) is 0. The lowest BCUT2D eigenvalue weighted by molar-refractivity contribution is -0.274. The van der Waals surface area contributed by atoms with E-state index in [1.54, 1.807) is 24.5 Å². The number of hydrogen-bond acceptors (Lipinski definition) is 6. The molecule has 2 aromatic rings. The number of nitrogens with zero attached hydrogens (tertiary/aromatic N) is 4. The predicted octanol–water partition coefficient (Wildman–Crippen LogP) is 3.51. The molecule has 5 rings (SSSR count). The van der Waals surface area contributed by atoms with E-state index in [1.165, 1.54) is 12.1 Å². The molecule has 2 aliphatic heterocycles. The van der Waals surface area contributed by atoms with Gasteiger partial charge in [0.2, 0.25) is 11.8 Å². The molecule has 1 aliphatic carbocycles. The Kier molecular flexibility index (Phi) is 5.86. The van der Waals surface area contributed by atoms with Crippen molar-refractivity contribution in [2.75, 3.05) is 19.6 Å². The molecule has 0 unspecified atom stereocenters. The Morgan fingerprint density at radius 2 is 1.85 bits per heavy atom. The van der Waals surface area contributed by atoms with Crippen LogP contribution in [-0.2, 0) is 11.3 Å².